The standard InChI is InChI=1S/C25H31NO8/c1-30-20-12-10-17(14-21(20)34-13-7-5-6-8-24(28)26-29)9-11-19(27)18-15-22(31-2)25(33-4)23(16-18)32-3/h9-12,14-16,29H,5-8,13H2,1-4H3,(H,26,28)/b11-9+. The zero-order chi connectivity index (χ0) is 24.9. The number of carbonyl (C=O) groups excluding carboxylic acids is 2. The Labute approximate surface area is 199 Å². The fourth-order valence-electron chi connectivity index (χ4n) is 3.20. The van der Waals surface area contributed by atoms with Crippen LogP contribution in [0.2, 0.25) is 0 Å². The molecule has 0 spiro atoms. The highest BCUT2D eigenvalue weighted by Crippen LogP contribution is 2.38. The van der Waals surface area contributed by atoms with E-state index in [-0.39, 0.29) is 12.2 Å². The van der Waals surface area contributed by atoms with E-state index in [1.807, 2.05) is 6.07 Å². The number of ketones is 1. The number of hydroxylamine groups is 1. The number of allylic oxidation sites excluding steroid dienone is 1. The van der Waals surface area contributed by atoms with E-state index in [9.17, 15) is 9.59 Å². The molecule has 2 N–H and O–H groups in total. The van der Waals surface area contributed by atoms with Crippen LogP contribution in [0.4, 0.5) is 0 Å². The van der Waals surface area contributed by atoms with Crippen molar-refractivity contribution in [1.29, 1.82) is 0 Å². The van der Waals surface area contributed by atoms with Crippen molar-refractivity contribution in [2.45, 2.75) is 25.7 Å². The van der Waals surface area contributed by atoms with Gasteiger partial charge in [-0.05, 0) is 55.2 Å². The predicted molar refractivity (Wildman–Crippen MR) is 126 cm³/mol. The fourth-order valence-corrected chi connectivity index (χ4v) is 3.20. The second-order valence-corrected chi connectivity index (χ2v) is 7.22. The van der Waals surface area contributed by atoms with Gasteiger partial charge in [0, 0.05) is 12.0 Å². The van der Waals surface area contributed by atoms with Gasteiger partial charge in [0.1, 0.15) is 0 Å². The molecule has 2 aromatic rings. The van der Waals surface area contributed by atoms with Crippen molar-refractivity contribution in [1.82, 2.24) is 5.48 Å². The molecule has 0 saturated heterocycles. The maximum Gasteiger partial charge on any atom is 0.243 e. The van der Waals surface area contributed by atoms with Crippen LogP contribution in [0.1, 0.15) is 41.6 Å². The van der Waals surface area contributed by atoms with E-state index in [0.29, 0.717) is 47.3 Å². The van der Waals surface area contributed by atoms with E-state index in [0.717, 1.165) is 18.4 Å². The Morgan fingerprint density at radius 2 is 1.53 bits per heavy atom. The minimum absolute atomic E-state index is 0.232. The van der Waals surface area contributed by atoms with Crippen molar-refractivity contribution in [2.24, 2.45) is 0 Å². The number of amides is 1. The van der Waals surface area contributed by atoms with Crippen LogP contribution in [0, 0.1) is 0 Å². The lowest BCUT2D eigenvalue weighted by atomic mass is 10.1. The summed E-state index contributed by atoms with van der Waals surface area (Å²) in [7, 11) is 6.04. The Balaban J connectivity index is 2.07. The Bertz CT molecular complexity index is 977. The molecule has 2 aromatic carbocycles. The SMILES string of the molecule is COc1ccc(/C=C/C(=O)c2cc(OC)c(OC)c(OC)c2)cc1OCCCCCC(=O)NO. The second-order valence-electron chi connectivity index (χ2n) is 7.22. The Hall–Kier alpha value is -3.72. The molecule has 0 aromatic heterocycles. The summed E-state index contributed by atoms with van der Waals surface area (Å²) in [5.41, 5.74) is 2.77. The van der Waals surface area contributed by atoms with Crippen LogP contribution in [0.5, 0.6) is 28.7 Å². The van der Waals surface area contributed by atoms with Crippen LogP contribution in [0.3, 0.4) is 0 Å². The Kier molecular flexibility index (Phi) is 10.7. The van der Waals surface area contributed by atoms with Gasteiger partial charge in [-0.15, -0.1) is 0 Å². The molecule has 1 amide bonds. The summed E-state index contributed by atoms with van der Waals surface area (Å²) in [5.74, 6) is 1.71. The molecule has 0 atom stereocenters. The van der Waals surface area contributed by atoms with E-state index in [4.69, 9.17) is 28.9 Å². The van der Waals surface area contributed by atoms with Crippen molar-refractivity contribution in [2.75, 3.05) is 35.0 Å². The third-order valence-electron chi connectivity index (χ3n) is 4.99. The lowest BCUT2D eigenvalue weighted by Gasteiger charge is -2.13. The quantitative estimate of drug-likeness (QED) is 0.139. The molecule has 0 aliphatic rings. The number of ether oxygens (including phenoxy) is 5. The molecule has 0 fully saturated rings. The van der Waals surface area contributed by atoms with Crippen LogP contribution < -0.4 is 29.2 Å². The summed E-state index contributed by atoms with van der Waals surface area (Å²) in [6.07, 6.45) is 5.57. The number of rotatable bonds is 14. The zero-order valence-electron chi connectivity index (χ0n) is 19.9. The van der Waals surface area contributed by atoms with Gasteiger partial charge >= 0.3 is 0 Å². The zero-order valence-corrected chi connectivity index (χ0v) is 19.9. The van der Waals surface area contributed by atoms with E-state index in [1.54, 1.807) is 42.9 Å². The molecule has 0 bridgehead atoms. The first-order chi connectivity index (χ1) is 16.5. The molecule has 2 rings (SSSR count). The van der Waals surface area contributed by atoms with Gasteiger partial charge < -0.3 is 23.7 Å². The maximum atomic E-state index is 12.8. The first-order valence-corrected chi connectivity index (χ1v) is 10.7. The lowest BCUT2D eigenvalue weighted by Crippen LogP contribution is -2.17. The molecule has 0 radical (unpaired) electrons. The molecule has 0 saturated carbocycles. The van der Waals surface area contributed by atoms with Gasteiger partial charge in [-0.1, -0.05) is 12.1 Å². The van der Waals surface area contributed by atoms with E-state index in [2.05, 4.69) is 0 Å². The monoisotopic (exact) mass is 473 g/mol. The van der Waals surface area contributed by atoms with Gasteiger partial charge in [-0.25, -0.2) is 5.48 Å². The molecule has 0 aliphatic carbocycles. The topological polar surface area (TPSA) is 113 Å². The molecule has 0 unspecified atom stereocenters. The number of hydrogen-bond donors (Lipinski definition) is 2. The van der Waals surface area contributed by atoms with Gasteiger partial charge in [-0.3, -0.25) is 14.8 Å². The number of benzene rings is 2. The first kappa shape index (κ1) is 26.5. The summed E-state index contributed by atoms with van der Waals surface area (Å²) in [4.78, 5) is 23.8. The maximum absolute atomic E-state index is 12.8. The Morgan fingerprint density at radius 1 is 0.853 bits per heavy atom. The first-order valence-electron chi connectivity index (χ1n) is 10.7. The summed E-state index contributed by atoms with van der Waals surface area (Å²) in [6.45, 7) is 0.439. The molecule has 0 heterocycles. The highest BCUT2D eigenvalue weighted by Gasteiger charge is 2.16. The molecule has 184 valence electrons. The minimum Gasteiger partial charge on any atom is -0.493 e. The summed E-state index contributed by atoms with van der Waals surface area (Å²) < 4.78 is 27.1. The van der Waals surface area contributed by atoms with Crippen LogP contribution in [0.15, 0.2) is 36.4 Å². The predicted octanol–water partition coefficient (Wildman–Crippen LogP) is 4.06. The van der Waals surface area contributed by atoms with Crippen molar-refractivity contribution in [3.8, 4) is 28.7 Å². The van der Waals surface area contributed by atoms with Crippen LogP contribution in [-0.4, -0.2) is 51.9 Å². The van der Waals surface area contributed by atoms with Crippen molar-refractivity contribution >= 4 is 17.8 Å². The van der Waals surface area contributed by atoms with Crippen LogP contribution >= 0.6 is 0 Å². The van der Waals surface area contributed by atoms with Crippen LogP contribution in [0.25, 0.3) is 6.08 Å². The molecule has 9 nitrogen and oxygen atoms in total. The van der Waals surface area contributed by atoms with Gasteiger partial charge in [0.25, 0.3) is 0 Å². The summed E-state index contributed by atoms with van der Waals surface area (Å²) >= 11 is 0. The largest absolute Gasteiger partial charge is 0.493 e. The second kappa shape index (κ2) is 13.7. The van der Waals surface area contributed by atoms with Gasteiger partial charge in [0.2, 0.25) is 11.7 Å². The number of hydrogen-bond acceptors (Lipinski definition) is 8. The van der Waals surface area contributed by atoms with Crippen LogP contribution in [-0.2, 0) is 4.79 Å². The van der Waals surface area contributed by atoms with E-state index >= 15 is 0 Å². The Morgan fingerprint density at radius 3 is 2.12 bits per heavy atom. The minimum atomic E-state index is -0.400. The average molecular weight is 474 g/mol. The number of carbonyl (C=O) groups is 2. The average Bonchev–Trinajstić information content (AvgIpc) is 2.87. The highest BCUT2D eigenvalue weighted by molar-refractivity contribution is 6.07. The van der Waals surface area contributed by atoms with Crippen molar-refractivity contribution in [3.05, 3.63) is 47.5 Å². The van der Waals surface area contributed by atoms with Gasteiger partial charge in [0.05, 0.1) is 35.0 Å². The smallest absolute Gasteiger partial charge is 0.243 e. The normalized spacial score (nSPS) is 10.6. The lowest BCUT2D eigenvalue weighted by molar-refractivity contribution is -0.129. The van der Waals surface area contributed by atoms with Gasteiger partial charge in [0.15, 0.2) is 28.8 Å². The molecule has 9 heteroatoms. The number of methoxy groups -OCH3 is 4. The third-order valence-corrected chi connectivity index (χ3v) is 4.99. The molecule has 34 heavy (non-hydrogen) atoms. The van der Waals surface area contributed by atoms with E-state index < -0.39 is 5.91 Å². The molecule has 0 aliphatic heterocycles. The third kappa shape index (κ3) is 7.41. The van der Waals surface area contributed by atoms with Crippen molar-refractivity contribution in [3.63, 3.8) is 0 Å². The molecular weight excluding hydrogens is 442 g/mol. The van der Waals surface area contributed by atoms with Crippen molar-refractivity contribution < 1.29 is 38.5 Å². The highest BCUT2D eigenvalue weighted by atomic mass is 16.5. The summed E-state index contributed by atoms with van der Waals surface area (Å²) in [6, 6.07) is 8.57. The fraction of sp³-hybridized carbons (Fsp3) is 0.360. The number of nitrogens with one attached hydrogen (secondary N) is 1. The number of unbranched alkanes of at least 4 members (excludes halogenated alkanes) is 2. The van der Waals surface area contributed by atoms with E-state index in [1.165, 1.54) is 27.4 Å². The molecular formula is C25H31NO8. The van der Waals surface area contributed by atoms with Gasteiger partial charge in [-0.2, -0.15) is 0 Å². The summed E-state index contributed by atoms with van der Waals surface area (Å²) in [5, 5.41) is 8.50.